The smallest absolute Gasteiger partial charge is 0.226 e. The fourth-order valence-corrected chi connectivity index (χ4v) is 3.86. The zero-order chi connectivity index (χ0) is 17.9. The van der Waals surface area contributed by atoms with Gasteiger partial charge in [-0.05, 0) is 36.5 Å². The zero-order valence-corrected chi connectivity index (χ0v) is 14.7. The normalized spacial score (nSPS) is 22.4. The van der Waals surface area contributed by atoms with Gasteiger partial charge in [0.25, 0.3) is 0 Å². The van der Waals surface area contributed by atoms with E-state index in [1.165, 1.54) is 5.56 Å². The van der Waals surface area contributed by atoms with Gasteiger partial charge >= 0.3 is 0 Å². The highest BCUT2D eigenvalue weighted by molar-refractivity contribution is 5.83. The molecule has 1 amide bonds. The number of pyridine rings is 1. The van der Waals surface area contributed by atoms with Crippen LogP contribution in [0.1, 0.15) is 29.9 Å². The predicted octanol–water partition coefficient (Wildman–Crippen LogP) is 2.80. The van der Waals surface area contributed by atoms with Crippen LogP contribution in [0.3, 0.4) is 0 Å². The Bertz CT molecular complexity index is 829. The number of nitrogens with zero attached hydrogens (tertiary/aromatic N) is 4. The Morgan fingerprint density at radius 2 is 1.92 bits per heavy atom. The fourth-order valence-electron chi connectivity index (χ4n) is 3.86. The summed E-state index contributed by atoms with van der Waals surface area (Å²) in [5, 5.41) is 9.30. The maximum atomic E-state index is 12.9. The Hall–Kier alpha value is -2.87. The van der Waals surface area contributed by atoms with Gasteiger partial charge in [-0.25, -0.2) is 4.98 Å². The fraction of sp³-hybridized carbons (Fsp3) is 0.381. The molecular weight excluding hydrogens is 324 g/mol. The molecule has 0 N–H and O–H groups in total. The molecule has 1 saturated carbocycles. The molecule has 2 heterocycles. The van der Waals surface area contributed by atoms with Crippen molar-refractivity contribution in [2.24, 2.45) is 5.92 Å². The van der Waals surface area contributed by atoms with Gasteiger partial charge in [0.1, 0.15) is 11.9 Å². The van der Waals surface area contributed by atoms with E-state index in [4.69, 9.17) is 0 Å². The van der Waals surface area contributed by atoms with E-state index in [0.717, 1.165) is 38.3 Å². The molecule has 5 heteroatoms. The average molecular weight is 346 g/mol. The number of carbonyl (C=O) groups is 1. The summed E-state index contributed by atoms with van der Waals surface area (Å²) in [5.74, 6) is 1.53. The number of hydrogen-bond acceptors (Lipinski definition) is 4. The maximum absolute atomic E-state index is 12.9. The van der Waals surface area contributed by atoms with E-state index in [1.807, 2.05) is 23.1 Å². The van der Waals surface area contributed by atoms with E-state index in [1.54, 1.807) is 18.3 Å². The van der Waals surface area contributed by atoms with Crippen LogP contribution in [0.15, 0.2) is 48.7 Å². The predicted molar refractivity (Wildman–Crippen MR) is 99.7 cm³/mol. The van der Waals surface area contributed by atoms with Gasteiger partial charge < -0.3 is 9.80 Å². The van der Waals surface area contributed by atoms with Crippen molar-refractivity contribution >= 4 is 11.7 Å². The van der Waals surface area contributed by atoms with Crippen LogP contribution in [0.5, 0.6) is 0 Å². The van der Waals surface area contributed by atoms with Gasteiger partial charge in [0, 0.05) is 38.3 Å². The molecule has 2 atom stereocenters. The van der Waals surface area contributed by atoms with Crippen molar-refractivity contribution in [1.29, 1.82) is 5.26 Å². The summed E-state index contributed by atoms with van der Waals surface area (Å²) in [6.07, 6.45) is 3.58. The number of anilines is 1. The number of amides is 1. The summed E-state index contributed by atoms with van der Waals surface area (Å²) in [4.78, 5) is 21.4. The topological polar surface area (TPSA) is 60.2 Å². The second-order valence-electron chi connectivity index (χ2n) is 7.01. The largest absolute Gasteiger partial charge is 0.354 e. The van der Waals surface area contributed by atoms with Crippen LogP contribution in [-0.4, -0.2) is 42.0 Å². The first-order chi connectivity index (χ1) is 12.8. The third-order valence-corrected chi connectivity index (χ3v) is 5.35. The first kappa shape index (κ1) is 16.6. The molecular formula is C21H22N4O. The molecule has 26 heavy (non-hydrogen) atoms. The summed E-state index contributed by atoms with van der Waals surface area (Å²) in [6.45, 7) is 3.02. The quantitative estimate of drug-likeness (QED) is 0.857. The molecule has 1 aromatic heterocycles. The van der Waals surface area contributed by atoms with Gasteiger partial charge in [-0.3, -0.25) is 4.79 Å². The lowest BCUT2D eigenvalue weighted by molar-refractivity contribution is -0.132. The minimum atomic E-state index is 0.133. The Morgan fingerprint density at radius 1 is 1.08 bits per heavy atom. The SMILES string of the molecule is N#Cc1cccnc1N1CCCN(C(=O)[C@H]2C[C@@H]2c2ccccc2)CC1. The summed E-state index contributed by atoms with van der Waals surface area (Å²) in [7, 11) is 0. The number of benzene rings is 1. The molecule has 1 aromatic carbocycles. The van der Waals surface area contributed by atoms with E-state index in [0.29, 0.717) is 18.0 Å². The number of carbonyl (C=O) groups excluding carboxylic acids is 1. The van der Waals surface area contributed by atoms with Crippen LogP contribution in [0, 0.1) is 17.2 Å². The second kappa shape index (κ2) is 7.17. The number of rotatable bonds is 3. The summed E-state index contributed by atoms with van der Waals surface area (Å²) in [5.41, 5.74) is 1.87. The Labute approximate surface area is 153 Å². The first-order valence-electron chi connectivity index (χ1n) is 9.21. The third-order valence-electron chi connectivity index (χ3n) is 5.35. The number of aromatic nitrogens is 1. The second-order valence-corrected chi connectivity index (χ2v) is 7.01. The molecule has 2 fully saturated rings. The molecule has 4 rings (SSSR count). The average Bonchev–Trinajstić information content (AvgIpc) is 3.52. The lowest BCUT2D eigenvalue weighted by Crippen LogP contribution is -2.36. The standard InChI is InChI=1S/C21H22N4O/c22-15-17-8-4-9-23-20(17)24-10-5-11-25(13-12-24)21(26)19-14-18(19)16-6-2-1-3-7-16/h1-4,6-9,18-19H,5,10-14H2/t18-,19+/m1/s1. The lowest BCUT2D eigenvalue weighted by atomic mass is 10.1. The van der Waals surface area contributed by atoms with Gasteiger partial charge in [0.2, 0.25) is 5.91 Å². The van der Waals surface area contributed by atoms with E-state index < -0.39 is 0 Å². The molecule has 132 valence electrons. The lowest BCUT2D eigenvalue weighted by Gasteiger charge is -2.23. The van der Waals surface area contributed by atoms with E-state index in [-0.39, 0.29) is 11.8 Å². The Kier molecular flexibility index (Phi) is 4.57. The van der Waals surface area contributed by atoms with Crippen LogP contribution >= 0.6 is 0 Å². The van der Waals surface area contributed by atoms with E-state index in [2.05, 4.69) is 28.1 Å². The minimum absolute atomic E-state index is 0.133. The van der Waals surface area contributed by atoms with Crippen LogP contribution in [-0.2, 0) is 4.79 Å². The van der Waals surface area contributed by atoms with Crippen LogP contribution < -0.4 is 4.90 Å². The van der Waals surface area contributed by atoms with Crippen molar-refractivity contribution in [3.05, 3.63) is 59.8 Å². The molecule has 0 radical (unpaired) electrons. The molecule has 1 aliphatic heterocycles. The summed E-state index contributed by atoms with van der Waals surface area (Å²) < 4.78 is 0. The van der Waals surface area contributed by atoms with Gasteiger partial charge in [0.15, 0.2) is 0 Å². The van der Waals surface area contributed by atoms with Crippen LogP contribution in [0.4, 0.5) is 5.82 Å². The zero-order valence-electron chi connectivity index (χ0n) is 14.7. The molecule has 1 aliphatic carbocycles. The van der Waals surface area contributed by atoms with Crippen LogP contribution in [0.25, 0.3) is 0 Å². The Morgan fingerprint density at radius 3 is 2.73 bits per heavy atom. The molecule has 5 nitrogen and oxygen atoms in total. The van der Waals surface area contributed by atoms with Crippen molar-refractivity contribution in [3.63, 3.8) is 0 Å². The first-order valence-corrected chi connectivity index (χ1v) is 9.21. The van der Waals surface area contributed by atoms with Crippen molar-refractivity contribution in [2.45, 2.75) is 18.8 Å². The van der Waals surface area contributed by atoms with Crippen molar-refractivity contribution in [3.8, 4) is 6.07 Å². The van der Waals surface area contributed by atoms with Crippen molar-refractivity contribution < 1.29 is 4.79 Å². The van der Waals surface area contributed by atoms with Gasteiger partial charge in [-0.2, -0.15) is 5.26 Å². The molecule has 2 aliphatic rings. The molecule has 0 unspecified atom stereocenters. The summed E-state index contributed by atoms with van der Waals surface area (Å²) >= 11 is 0. The highest BCUT2D eigenvalue weighted by Gasteiger charge is 2.45. The van der Waals surface area contributed by atoms with Gasteiger partial charge in [-0.1, -0.05) is 30.3 Å². The highest BCUT2D eigenvalue weighted by atomic mass is 16.2. The highest BCUT2D eigenvalue weighted by Crippen LogP contribution is 2.48. The van der Waals surface area contributed by atoms with Crippen molar-refractivity contribution in [2.75, 3.05) is 31.1 Å². The molecule has 0 bridgehead atoms. The number of hydrogen-bond donors (Lipinski definition) is 0. The molecule has 0 spiro atoms. The van der Waals surface area contributed by atoms with Crippen molar-refractivity contribution in [1.82, 2.24) is 9.88 Å². The number of nitriles is 1. The maximum Gasteiger partial charge on any atom is 0.226 e. The molecule has 2 aromatic rings. The molecule has 1 saturated heterocycles. The van der Waals surface area contributed by atoms with E-state index in [9.17, 15) is 10.1 Å². The summed E-state index contributed by atoms with van der Waals surface area (Å²) in [6, 6.07) is 16.1. The van der Waals surface area contributed by atoms with Gasteiger partial charge in [0.05, 0.1) is 5.56 Å². The minimum Gasteiger partial charge on any atom is -0.354 e. The van der Waals surface area contributed by atoms with Gasteiger partial charge in [-0.15, -0.1) is 0 Å². The Balaban J connectivity index is 1.40. The van der Waals surface area contributed by atoms with E-state index >= 15 is 0 Å². The monoisotopic (exact) mass is 346 g/mol. The van der Waals surface area contributed by atoms with Crippen LogP contribution in [0.2, 0.25) is 0 Å². The third kappa shape index (κ3) is 3.28.